The van der Waals surface area contributed by atoms with Crippen molar-refractivity contribution < 1.29 is 9.32 Å². The van der Waals surface area contributed by atoms with Gasteiger partial charge in [-0.3, -0.25) is 15.6 Å². The number of nitrogens with one attached hydrogen (secondary N) is 2. The Morgan fingerprint density at radius 2 is 1.85 bits per heavy atom. The van der Waals surface area contributed by atoms with Gasteiger partial charge >= 0.3 is 0 Å². The topological polar surface area (TPSA) is 92.9 Å². The van der Waals surface area contributed by atoms with Crippen LogP contribution in [0.5, 0.6) is 0 Å². The summed E-state index contributed by atoms with van der Waals surface area (Å²) >= 11 is 3.45. The molecule has 0 atom stereocenters. The fourth-order valence-corrected chi connectivity index (χ4v) is 2.93. The smallest absolute Gasteiger partial charge is 0.291 e. The lowest BCUT2D eigenvalue weighted by Gasteiger charge is -2.08. The Hall–Kier alpha value is -3.26. The molecule has 7 nitrogen and oxygen atoms in total. The molecule has 0 saturated heterocycles. The molecule has 0 aliphatic rings. The number of hydrogen-bond acceptors (Lipinski definition) is 6. The molecule has 0 saturated carbocycles. The van der Waals surface area contributed by atoms with Crippen LogP contribution in [-0.2, 0) is 0 Å². The Kier molecular flexibility index (Phi) is 4.32. The molecule has 2 N–H and O–H groups in total. The van der Waals surface area contributed by atoms with Gasteiger partial charge in [0.05, 0.1) is 5.52 Å². The first-order valence-electron chi connectivity index (χ1n) is 7.70. The highest BCUT2D eigenvalue weighted by Gasteiger charge is 2.15. The van der Waals surface area contributed by atoms with Crippen molar-refractivity contribution in [3.05, 3.63) is 71.1 Å². The van der Waals surface area contributed by atoms with E-state index >= 15 is 0 Å². The maximum absolute atomic E-state index is 12.3. The second kappa shape index (κ2) is 6.93. The van der Waals surface area contributed by atoms with Gasteiger partial charge in [-0.15, -0.1) is 0 Å². The first-order valence-corrected chi connectivity index (χ1v) is 8.49. The van der Waals surface area contributed by atoms with Gasteiger partial charge in [0.25, 0.3) is 5.91 Å². The van der Waals surface area contributed by atoms with Gasteiger partial charge in [-0.05, 0) is 24.3 Å². The van der Waals surface area contributed by atoms with E-state index in [-0.39, 0.29) is 5.69 Å². The third kappa shape index (κ3) is 3.14. The minimum atomic E-state index is -0.435. The second-order valence-electron chi connectivity index (χ2n) is 5.37. The number of hydrazine groups is 1. The maximum Gasteiger partial charge on any atom is 0.291 e. The predicted octanol–water partition coefficient (Wildman–Crippen LogP) is 3.80. The lowest BCUT2D eigenvalue weighted by atomic mass is 10.1. The number of fused-ring (bicyclic) bond motifs is 1. The van der Waals surface area contributed by atoms with Gasteiger partial charge in [-0.1, -0.05) is 45.4 Å². The number of hydrogen-bond donors (Lipinski definition) is 2. The quantitative estimate of drug-likeness (QED) is 0.497. The van der Waals surface area contributed by atoms with Crippen LogP contribution >= 0.6 is 15.9 Å². The molecule has 2 heterocycles. The van der Waals surface area contributed by atoms with Crippen LogP contribution in [0.1, 0.15) is 10.5 Å². The van der Waals surface area contributed by atoms with Crippen molar-refractivity contribution in [1.82, 2.24) is 20.6 Å². The third-order valence-electron chi connectivity index (χ3n) is 3.72. The molecule has 0 radical (unpaired) electrons. The molecule has 26 heavy (non-hydrogen) atoms. The molecule has 128 valence electrons. The number of halogens is 1. The molecule has 0 fully saturated rings. The summed E-state index contributed by atoms with van der Waals surface area (Å²) in [6, 6.07) is 16.6. The van der Waals surface area contributed by atoms with Crippen molar-refractivity contribution in [2.24, 2.45) is 0 Å². The highest BCUT2D eigenvalue weighted by molar-refractivity contribution is 9.10. The SMILES string of the molecule is O=C(NNc1ncnc2ccccc12)c1cc(-c2ccccc2Br)on1. The van der Waals surface area contributed by atoms with E-state index in [2.05, 4.69) is 41.9 Å². The van der Waals surface area contributed by atoms with Gasteiger partial charge in [-0.25, -0.2) is 9.97 Å². The monoisotopic (exact) mass is 409 g/mol. The molecule has 1 amide bonds. The van der Waals surface area contributed by atoms with Crippen LogP contribution in [0, 0.1) is 0 Å². The van der Waals surface area contributed by atoms with Gasteiger partial charge in [-0.2, -0.15) is 0 Å². The van der Waals surface area contributed by atoms with Crippen molar-refractivity contribution in [1.29, 1.82) is 0 Å². The van der Waals surface area contributed by atoms with Gasteiger partial charge in [0.15, 0.2) is 17.3 Å². The van der Waals surface area contributed by atoms with Crippen LogP contribution in [-0.4, -0.2) is 21.0 Å². The van der Waals surface area contributed by atoms with Crippen molar-refractivity contribution in [2.45, 2.75) is 0 Å². The van der Waals surface area contributed by atoms with Crippen molar-refractivity contribution in [2.75, 3.05) is 5.43 Å². The minimum Gasteiger partial charge on any atom is -0.355 e. The van der Waals surface area contributed by atoms with E-state index in [9.17, 15) is 4.79 Å². The molecule has 8 heteroatoms. The number of carbonyl (C=O) groups is 1. The van der Waals surface area contributed by atoms with E-state index in [1.165, 1.54) is 6.33 Å². The van der Waals surface area contributed by atoms with E-state index in [0.29, 0.717) is 11.6 Å². The molecule has 2 aromatic carbocycles. The van der Waals surface area contributed by atoms with Crippen LogP contribution in [0.4, 0.5) is 5.82 Å². The zero-order valence-electron chi connectivity index (χ0n) is 13.3. The van der Waals surface area contributed by atoms with E-state index in [4.69, 9.17) is 4.52 Å². The summed E-state index contributed by atoms with van der Waals surface area (Å²) < 4.78 is 6.14. The summed E-state index contributed by atoms with van der Waals surface area (Å²) in [5.41, 5.74) is 7.12. The average Bonchev–Trinajstić information content (AvgIpc) is 3.16. The van der Waals surface area contributed by atoms with Crippen molar-refractivity contribution in [3.63, 3.8) is 0 Å². The van der Waals surface area contributed by atoms with Gasteiger partial charge < -0.3 is 4.52 Å². The Bertz CT molecular complexity index is 1090. The lowest BCUT2D eigenvalue weighted by Crippen LogP contribution is -2.30. The third-order valence-corrected chi connectivity index (χ3v) is 4.41. The molecule has 0 bridgehead atoms. The first kappa shape index (κ1) is 16.2. The summed E-state index contributed by atoms with van der Waals surface area (Å²) in [6.45, 7) is 0. The number of nitrogens with zero attached hydrogens (tertiary/aromatic N) is 3. The summed E-state index contributed by atoms with van der Waals surface area (Å²) in [6.07, 6.45) is 1.43. The Labute approximate surface area is 156 Å². The summed E-state index contributed by atoms with van der Waals surface area (Å²) in [5.74, 6) is 0.559. The van der Waals surface area contributed by atoms with Crippen LogP contribution in [0.25, 0.3) is 22.2 Å². The van der Waals surface area contributed by atoms with E-state index in [1.807, 2.05) is 48.5 Å². The Morgan fingerprint density at radius 3 is 2.73 bits per heavy atom. The van der Waals surface area contributed by atoms with Crippen molar-refractivity contribution in [3.8, 4) is 11.3 Å². The fraction of sp³-hybridized carbons (Fsp3) is 0. The van der Waals surface area contributed by atoms with Gasteiger partial charge in [0.2, 0.25) is 0 Å². The number of benzene rings is 2. The average molecular weight is 410 g/mol. The van der Waals surface area contributed by atoms with Crippen LogP contribution in [0.2, 0.25) is 0 Å². The number of para-hydroxylation sites is 1. The summed E-state index contributed by atoms with van der Waals surface area (Å²) in [7, 11) is 0. The van der Waals surface area contributed by atoms with E-state index < -0.39 is 5.91 Å². The molecular weight excluding hydrogens is 398 g/mol. The fourth-order valence-electron chi connectivity index (χ4n) is 2.45. The largest absolute Gasteiger partial charge is 0.355 e. The van der Waals surface area contributed by atoms with Gasteiger partial charge in [0.1, 0.15) is 6.33 Å². The number of amides is 1. The molecule has 4 aromatic rings. The summed E-state index contributed by atoms with van der Waals surface area (Å²) in [5, 5.41) is 4.62. The zero-order chi connectivity index (χ0) is 17.9. The zero-order valence-corrected chi connectivity index (χ0v) is 14.9. The van der Waals surface area contributed by atoms with E-state index in [0.717, 1.165) is 20.9 Å². The first-order chi connectivity index (χ1) is 12.7. The minimum absolute atomic E-state index is 0.154. The van der Waals surface area contributed by atoms with Gasteiger partial charge in [0, 0.05) is 21.5 Å². The molecular formula is C18H12BrN5O2. The molecule has 4 rings (SSSR count). The lowest BCUT2D eigenvalue weighted by molar-refractivity contribution is 0.0953. The van der Waals surface area contributed by atoms with Crippen LogP contribution in [0.15, 0.2) is 69.9 Å². The highest BCUT2D eigenvalue weighted by atomic mass is 79.9. The highest BCUT2D eigenvalue weighted by Crippen LogP contribution is 2.28. The summed E-state index contributed by atoms with van der Waals surface area (Å²) in [4.78, 5) is 20.7. The standard InChI is InChI=1S/C18H12BrN5O2/c19-13-7-3-1-5-11(13)16-9-15(24-26-16)18(25)23-22-17-12-6-2-4-8-14(12)20-10-21-17/h1-10H,(H,23,25)(H,20,21,22). The van der Waals surface area contributed by atoms with Crippen molar-refractivity contribution >= 4 is 38.6 Å². The second-order valence-corrected chi connectivity index (χ2v) is 6.23. The maximum atomic E-state index is 12.3. The number of anilines is 1. The number of aromatic nitrogens is 3. The molecule has 0 unspecified atom stereocenters. The van der Waals surface area contributed by atoms with Crippen LogP contribution in [0.3, 0.4) is 0 Å². The van der Waals surface area contributed by atoms with E-state index in [1.54, 1.807) is 6.07 Å². The number of rotatable bonds is 4. The predicted molar refractivity (Wildman–Crippen MR) is 100 cm³/mol. The molecule has 0 spiro atoms. The number of carbonyl (C=O) groups excluding carboxylic acids is 1. The Balaban J connectivity index is 1.51. The molecule has 2 aromatic heterocycles. The Morgan fingerprint density at radius 1 is 1.04 bits per heavy atom. The van der Waals surface area contributed by atoms with Crippen LogP contribution < -0.4 is 10.9 Å². The normalized spacial score (nSPS) is 10.7. The molecule has 0 aliphatic heterocycles. The molecule has 0 aliphatic carbocycles.